The molecule has 0 bridgehead atoms. The number of sulfonamides is 1. The van der Waals surface area contributed by atoms with E-state index in [-0.39, 0.29) is 16.6 Å². The van der Waals surface area contributed by atoms with Crippen LogP contribution in [0.15, 0.2) is 35.9 Å². The maximum atomic E-state index is 12.2. The van der Waals surface area contributed by atoms with Crippen molar-refractivity contribution in [3.05, 3.63) is 36.1 Å². The summed E-state index contributed by atoms with van der Waals surface area (Å²) in [6.07, 6.45) is 2.64. The molecule has 0 aliphatic carbocycles. The fourth-order valence-corrected chi connectivity index (χ4v) is 3.03. The summed E-state index contributed by atoms with van der Waals surface area (Å²) in [5, 5.41) is 8.50. The highest BCUT2D eigenvalue weighted by atomic mass is 35.5. The monoisotopic (exact) mass is 290 g/mol. The van der Waals surface area contributed by atoms with Gasteiger partial charge in [-0.05, 0) is 12.1 Å². The van der Waals surface area contributed by atoms with Crippen LogP contribution in [0.4, 0.5) is 0 Å². The summed E-state index contributed by atoms with van der Waals surface area (Å²) < 4.78 is 25.1. The molecule has 18 heavy (non-hydrogen) atoms. The van der Waals surface area contributed by atoms with E-state index in [1.54, 1.807) is 0 Å². The molecule has 0 saturated heterocycles. The van der Waals surface area contributed by atoms with Crippen molar-refractivity contribution >= 4 is 27.6 Å². The number of aliphatic carboxylic acids is 1. The maximum Gasteiger partial charge on any atom is 0.318 e. The minimum absolute atomic E-state index is 0.125. The van der Waals surface area contributed by atoms with Crippen molar-refractivity contribution in [1.29, 1.82) is 0 Å². The predicted molar refractivity (Wildman–Crippen MR) is 65.8 cm³/mol. The molecular formula is C10H11ClN2O4S. The van der Waals surface area contributed by atoms with Gasteiger partial charge in [0, 0.05) is 12.7 Å². The van der Waals surface area contributed by atoms with Gasteiger partial charge in [-0.15, -0.1) is 6.58 Å². The average Bonchev–Trinajstić information content (AvgIpc) is 2.28. The standard InChI is InChI=1S/C10H11ClN2O4S/c1-2-6-13(7-9(14)15)18(16,17)8-4-3-5-12-10(8)11/h2-5H,1,6-7H2,(H,14,15). The normalized spacial score (nSPS) is 11.4. The predicted octanol–water partition coefficient (Wildman–Crippen LogP) is 0.996. The van der Waals surface area contributed by atoms with Gasteiger partial charge >= 0.3 is 5.97 Å². The highest BCUT2D eigenvalue weighted by molar-refractivity contribution is 7.89. The SMILES string of the molecule is C=CCN(CC(=O)O)S(=O)(=O)c1cccnc1Cl. The van der Waals surface area contributed by atoms with Gasteiger partial charge in [0.25, 0.3) is 0 Å². The van der Waals surface area contributed by atoms with Crippen molar-refractivity contribution in [3.63, 3.8) is 0 Å². The Morgan fingerprint density at radius 2 is 2.28 bits per heavy atom. The van der Waals surface area contributed by atoms with Crippen LogP contribution in [-0.4, -0.2) is 41.9 Å². The van der Waals surface area contributed by atoms with Gasteiger partial charge in [0.15, 0.2) is 0 Å². The van der Waals surface area contributed by atoms with Crippen molar-refractivity contribution < 1.29 is 18.3 Å². The first-order valence-electron chi connectivity index (χ1n) is 4.83. The van der Waals surface area contributed by atoms with E-state index in [4.69, 9.17) is 16.7 Å². The molecule has 1 N–H and O–H groups in total. The number of nitrogens with zero attached hydrogens (tertiary/aromatic N) is 2. The van der Waals surface area contributed by atoms with Gasteiger partial charge in [-0.1, -0.05) is 17.7 Å². The smallest absolute Gasteiger partial charge is 0.318 e. The summed E-state index contributed by atoms with van der Waals surface area (Å²) in [6.45, 7) is 2.60. The van der Waals surface area contributed by atoms with E-state index in [2.05, 4.69) is 11.6 Å². The lowest BCUT2D eigenvalue weighted by Crippen LogP contribution is -2.36. The first kappa shape index (κ1) is 14.6. The molecule has 8 heteroatoms. The Labute approximate surface area is 110 Å². The number of carboxylic acid groups (broad SMARTS) is 1. The third kappa shape index (κ3) is 3.28. The minimum atomic E-state index is -4.00. The van der Waals surface area contributed by atoms with E-state index in [0.717, 1.165) is 4.31 Å². The van der Waals surface area contributed by atoms with Crippen molar-refractivity contribution in [1.82, 2.24) is 9.29 Å². The van der Waals surface area contributed by atoms with Crippen molar-refractivity contribution in [3.8, 4) is 0 Å². The summed E-state index contributed by atoms with van der Waals surface area (Å²) in [7, 11) is -4.00. The summed E-state index contributed by atoms with van der Waals surface area (Å²) in [6, 6.07) is 2.67. The molecule has 1 aromatic heterocycles. The first-order valence-corrected chi connectivity index (χ1v) is 6.64. The van der Waals surface area contributed by atoms with Crippen LogP contribution in [0.2, 0.25) is 5.15 Å². The molecule has 0 aromatic carbocycles. The second kappa shape index (κ2) is 5.94. The third-order valence-corrected chi connectivity index (χ3v) is 4.24. The van der Waals surface area contributed by atoms with Crippen LogP contribution in [-0.2, 0) is 14.8 Å². The number of aromatic nitrogens is 1. The van der Waals surface area contributed by atoms with Crippen LogP contribution in [0, 0.1) is 0 Å². The van der Waals surface area contributed by atoms with E-state index in [0.29, 0.717) is 0 Å². The number of hydrogen-bond donors (Lipinski definition) is 1. The molecule has 0 fully saturated rings. The van der Waals surface area contributed by atoms with Crippen LogP contribution < -0.4 is 0 Å². The number of carboxylic acids is 1. The number of carbonyl (C=O) groups is 1. The Hall–Kier alpha value is -1.44. The summed E-state index contributed by atoms with van der Waals surface area (Å²) >= 11 is 5.70. The fraction of sp³-hybridized carbons (Fsp3) is 0.200. The van der Waals surface area contributed by atoms with E-state index >= 15 is 0 Å². The van der Waals surface area contributed by atoms with E-state index < -0.39 is 22.5 Å². The number of hydrogen-bond acceptors (Lipinski definition) is 4. The van der Waals surface area contributed by atoms with Gasteiger partial charge in [0.2, 0.25) is 10.0 Å². The van der Waals surface area contributed by atoms with Crippen LogP contribution in [0.25, 0.3) is 0 Å². The van der Waals surface area contributed by atoms with Gasteiger partial charge in [-0.25, -0.2) is 13.4 Å². The molecule has 0 spiro atoms. The Morgan fingerprint density at radius 3 is 2.78 bits per heavy atom. The van der Waals surface area contributed by atoms with Crippen molar-refractivity contribution in [2.75, 3.05) is 13.1 Å². The van der Waals surface area contributed by atoms with E-state index in [1.165, 1.54) is 24.4 Å². The van der Waals surface area contributed by atoms with Gasteiger partial charge in [0.1, 0.15) is 16.6 Å². The molecule has 1 rings (SSSR count). The van der Waals surface area contributed by atoms with Crippen LogP contribution >= 0.6 is 11.6 Å². The minimum Gasteiger partial charge on any atom is -0.480 e. The van der Waals surface area contributed by atoms with E-state index in [9.17, 15) is 13.2 Å². The summed E-state index contributed by atoms with van der Waals surface area (Å²) in [4.78, 5) is 14.1. The zero-order valence-corrected chi connectivity index (χ0v) is 10.9. The molecule has 0 amide bonds. The molecule has 0 unspecified atom stereocenters. The molecule has 0 radical (unpaired) electrons. The third-order valence-electron chi connectivity index (χ3n) is 1.99. The number of rotatable bonds is 6. The topological polar surface area (TPSA) is 87.6 Å². The molecule has 0 saturated carbocycles. The molecule has 98 valence electrons. The largest absolute Gasteiger partial charge is 0.480 e. The molecular weight excluding hydrogens is 280 g/mol. The van der Waals surface area contributed by atoms with Gasteiger partial charge in [-0.2, -0.15) is 4.31 Å². The van der Waals surface area contributed by atoms with Gasteiger partial charge in [0.05, 0.1) is 0 Å². The average molecular weight is 291 g/mol. The molecule has 0 aliphatic rings. The second-order valence-electron chi connectivity index (χ2n) is 3.27. The van der Waals surface area contributed by atoms with Crippen LogP contribution in [0.1, 0.15) is 0 Å². The zero-order valence-electron chi connectivity index (χ0n) is 9.28. The quantitative estimate of drug-likeness (QED) is 0.624. The summed E-state index contributed by atoms with van der Waals surface area (Å²) in [5.41, 5.74) is 0. The van der Waals surface area contributed by atoms with Crippen molar-refractivity contribution in [2.45, 2.75) is 4.90 Å². The number of pyridine rings is 1. The van der Waals surface area contributed by atoms with Gasteiger partial charge in [-0.3, -0.25) is 4.79 Å². The Balaban J connectivity index is 3.21. The van der Waals surface area contributed by atoms with Crippen LogP contribution in [0.5, 0.6) is 0 Å². The lowest BCUT2D eigenvalue weighted by atomic mass is 10.5. The highest BCUT2D eigenvalue weighted by Crippen LogP contribution is 2.21. The first-order chi connectivity index (χ1) is 8.39. The van der Waals surface area contributed by atoms with Crippen molar-refractivity contribution in [2.24, 2.45) is 0 Å². The molecule has 0 aliphatic heterocycles. The highest BCUT2D eigenvalue weighted by Gasteiger charge is 2.27. The molecule has 0 atom stereocenters. The second-order valence-corrected chi connectivity index (χ2v) is 5.54. The lowest BCUT2D eigenvalue weighted by molar-refractivity contribution is -0.137. The Bertz CT molecular complexity index is 559. The maximum absolute atomic E-state index is 12.2. The lowest BCUT2D eigenvalue weighted by Gasteiger charge is -2.18. The fourth-order valence-electron chi connectivity index (χ4n) is 1.25. The Kier molecular flexibility index (Phi) is 4.83. The molecule has 6 nitrogen and oxygen atoms in total. The molecule has 1 heterocycles. The van der Waals surface area contributed by atoms with Gasteiger partial charge < -0.3 is 5.11 Å². The number of halogens is 1. The zero-order chi connectivity index (χ0) is 13.8. The van der Waals surface area contributed by atoms with Crippen LogP contribution in [0.3, 0.4) is 0 Å². The molecule has 1 aromatic rings. The Morgan fingerprint density at radius 1 is 1.61 bits per heavy atom. The summed E-state index contributed by atoms with van der Waals surface area (Å²) in [5.74, 6) is -1.26. The van der Waals surface area contributed by atoms with E-state index in [1.807, 2.05) is 0 Å².